The predicted octanol–water partition coefficient (Wildman–Crippen LogP) is 6.88. The first-order valence-electron chi connectivity index (χ1n) is 13.4. The van der Waals surface area contributed by atoms with Crippen molar-refractivity contribution in [3.8, 4) is 5.75 Å². The summed E-state index contributed by atoms with van der Waals surface area (Å²) in [6.45, 7) is 16.5. The fourth-order valence-corrected chi connectivity index (χ4v) is 4.51. The largest absolute Gasteiger partial charge is 0.495 e. The maximum atomic E-state index is 8.00. The zero-order chi connectivity index (χ0) is 28.7. The number of ether oxygens (including phenoxy) is 1. The van der Waals surface area contributed by atoms with Crippen LogP contribution < -0.4 is 20.7 Å². The molecule has 2 heterocycles. The number of likely N-dealkylation sites (tertiary alicyclic amines) is 1. The van der Waals surface area contributed by atoms with E-state index in [2.05, 4.69) is 64.9 Å². The molecule has 8 heteroatoms. The summed E-state index contributed by atoms with van der Waals surface area (Å²) in [5.41, 5.74) is 5.70. The van der Waals surface area contributed by atoms with Gasteiger partial charge in [0.15, 0.2) is 6.29 Å². The van der Waals surface area contributed by atoms with Crippen molar-refractivity contribution in [3.63, 3.8) is 0 Å². The molecule has 0 spiro atoms. The van der Waals surface area contributed by atoms with E-state index >= 15 is 0 Å². The Balaban J connectivity index is 0.00000112. The van der Waals surface area contributed by atoms with Crippen LogP contribution in [0, 0.1) is 13.8 Å². The normalized spacial score (nSPS) is 16.9. The second-order valence-electron chi connectivity index (χ2n) is 8.62. The number of carbonyl (C=O) groups excluding carboxylic acids is 1. The Bertz CT molecular complexity index is 1050. The third-order valence-electron chi connectivity index (χ3n) is 6.30. The number of hydrogen-bond donors (Lipinski definition) is 3. The van der Waals surface area contributed by atoms with E-state index in [0.29, 0.717) is 16.8 Å². The molecule has 4 rings (SSSR count). The summed E-state index contributed by atoms with van der Waals surface area (Å²) in [4.78, 5) is 14.9. The number of benzene rings is 2. The third-order valence-corrected chi connectivity index (χ3v) is 6.59. The zero-order valence-corrected chi connectivity index (χ0v) is 25.1. The van der Waals surface area contributed by atoms with Crippen LogP contribution in [0.4, 0.5) is 11.4 Å². The van der Waals surface area contributed by atoms with Crippen LogP contribution in [-0.2, 0) is 4.79 Å². The van der Waals surface area contributed by atoms with Gasteiger partial charge >= 0.3 is 0 Å². The monoisotopic (exact) mass is 543 g/mol. The molecule has 7 nitrogen and oxygen atoms in total. The highest BCUT2D eigenvalue weighted by atomic mass is 35.5. The lowest BCUT2D eigenvalue weighted by Gasteiger charge is -2.31. The van der Waals surface area contributed by atoms with Crippen molar-refractivity contribution in [3.05, 3.63) is 63.9 Å². The first kappa shape index (κ1) is 33.0. The fraction of sp³-hybridized carbons (Fsp3) is 0.467. The Morgan fingerprint density at radius 1 is 1.03 bits per heavy atom. The molecule has 0 saturated carbocycles. The van der Waals surface area contributed by atoms with Crippen LogP contribution >= 0.6 is 11.6 Å². The van der Waals surface area contributed by atoms with Crippen molar-refractivity contribution < 1.29 is 9.53 Å². The summed E-state index contributed by atoms with van der Waals surface area (Å²) < 4.78 is 5.75. The van der Waals surface area contributed by atoms with Gasteiger partial charge in [-0.1, -0.05) is 57.5 Å². The van der Waals surface area contributed by atoms with Gasteiger partial charge in [0.05, 0.1) is 17.8 Å². The molecule has 0 aliphatic carbocycles. The molecule has 1 atom stereocenters. The number of methoxy groups -OCH3 is 1. The van der Waals surface area contributed by atoms with E-state index in [9.17, 15) is 0 Å². The Kier molecular flexibility index (Phi) is 15.2. The lowest BCUT2D eigenvalue weighted by Crippen LogP contribution is -2.39. The Morgan fingerprint density at radius 3 is 2.26 bits per heavy atom. The molecule has 0 amide bonds. The minimum Gasteiger partial charge on any atom is -0.495 e. The molecule has 210 valence electrons. The van der Waals surface area contributed by atoms with E-state index in [4.69, 9.17) is 21.1 Å². The van der Waals surface area contributed by atoms with Crippen molar-refractivity contribution in [2.24, 2.45) is 4.99 Å². The summed E-state index contributed by atoms with van der Waals surface area (Å²) in [5.74, 6) is 2.12. The molecule has 38 heavy (non-hydrogen) atoms. The van der Waals surface area contributed by atoms with E-state index < -0.39 is 0 Å². The highest BCUT2D eigenvalue weighted by molar-refractivity contribution is 6.40. The number of nitrogens with one attached hydrogen (secondary N) is 3. The van der Waals surface area contributed by atoms with Gasteiger partial charge in [0.25, 0.3) is 0 Å². The minimum atomic E-state index is -0.369. The first-order valence-corrected chi connectivity index (χ1v) is 13.8. The average molecular weight is 544 g/mol. The molecule has 0 bridgehead atoms. The van der Waals surface area contributed by atoms with Crippen molar-refractivity contribution >= 4 is 36.0 Å². The zero-order valence-electron chi connectivity index (χ0n) is 24.3. The third kappa shape index (κ3) is 9.07. The van der Waals surface area contributed by atoms with Crippen LogP contribution in [0.1, 0.15) is 63.1 Å². The number of anilines is 2. The molecule has 0 aromatic heterocycles. The minimum absolute atomic E-state index is 0.369. The number of piperidine rings is 1. The maximum absolute atomic E-state index is 8.00. The molecular weight excluding hydrogens is 498 g/mol. The maximum Gasteiger partial charge on any atom is 0.195 e. The van der Waals surface area contributed by atoms with E-state index in [1.165, 1.54) is 24.0 Å². The lowest BCUT2D eigenvalue weighted by atomic mass is 9.86. The molecule has 2 aliphatic rings. The second kappa shape index (κ2) is 17.5. The van der Waals surface area contributed by atoms with Gasteiger partial charge in [-0.05, 0) is 87.6 Å². The predicted molar refractivity (Wildman–Crippen MR) is 164 cm³/mol. The topological polar surface area (TPSA) is 78.0 Å². The van der Waals surface area contributed by atoms with Crippen LogP contribution in [0.2, 0.25) is 0 Å². The van der Waals surface area contributed by atoms with Crippen LogP contribution in [0.15, 0.2) is 52.2 Å². The van der Waals surface area contributed by atoms with Crippen LogP contribution in [0.25, 0.3) is 0 Å². The Morgan fingerprint density at radius 2 is 1.66 bits per heavy atom. The van der Waals surface area contributed by atoms with Gasteiger partial charge in [-0.3, -0.25) is 0 Å². The van der Waals surface area contributed by atoms with Crippen molar-refractivity contribution in [1.29, 1.82) is 0 Å². The van der Waals surface area contributed by atoms with E-state index in [1.807, 2.05) is 52.7 Å². The quantitative estimate of drug-likeness (QED) is 0.368. The summed E-state index contributed by atoms with van der Waals surface area (Å²) >= 11 is 6.40. The molecule has 1 unspecified atom stereocenters. The van der Waals surface area contributed by atoms with Gasteiger partial charge in [0, 0.05) is 11.9 Å². The molecule has 1 saturated heterocycles. The second-order valence-corrected chi connectivity index (χ2v) is 9.03. The molecule has 1 fully saturated rings. The number of rotatable bonds is 6. The van der Waals surface area contributed by atoms with Crippen molar-refractivity contribution in [2.45, 2.75) is 66.6 Å². The van der Waals surface area contributed by atoms with Crippen molar-refractivity contribution in [2.75, 3.05) is 37.9 Å². The summed E-state index contributed by atoms with van der Waals surface area (Å²) in [6, 6.07) is 12.4. The van der Waals surface area contributed by atoms with Gasteiger partial charge < -0.3 is 30.4 Å². The number of hydrogen-bond acceptors (Lipinski definition) is 7. The number of halogens is 1. The average Bonchev–Trinajstić information content (AvgIpc) is 2.96. The van der Waals surface area contributed by atoms with Crippen LogP contribution in [-0.4, -0.2) is 51.4 Å². The highest BCUT2D eigenvalue weighted by Gasteiger charge is 2.23. The Labute approximate surface area is 234 Å². The van der Waals surface area contributed by atoms with E-state index in [-0.39, 0.29) is 6.29 Å². The number of nitrogens with zero attached hydrogens (tertiary/aromatic N) is 2. The van der Waals surface area contributed by atoms with Crippen LogP contribution in [0.5, 0.6) is 5.75 Å². The number of aryl methyl sites for hydroxylation is 2. The molecule has 3 N–H and O–H groups in total. The van der Waals surface area contributed by atoms with Gasteiger partial charge in [-0.2, -0.15) is 0 Å². The summed E-state index contributed by atoms with van der Waals surface area (Å²) in [5, 5.41) is 10.7. The molecular formula is C30H46ClN5O2. The summed E-state index contributed by atoms with van der Waals surface area (Å²) in [6.07, 6.45) is 3.66. The number of para-hydroxylation sites is 1. The number of allylic oxidation sites excluding steroid dienone is 1. The first-order chi connectivity index (χ1) is 18.4. The van der Waals surface area contributed by atoms with Crippen LogP contribution in [0.3, 0.4) is 0 Å². The highest BCUT2D eigenvalue weighted by Crippen LogP contribution is 2.36. The van der Waals surface area contributed by atoms with Gasteiger partial charge in [-0.15, -0.1) is 0 Å². The molecule has 2 aromatic rings. The van der Waals surface area contributed by atoms with E-state index in [1.54, 1.807) is 13.3 Å². The van der Waals surface area contributed by atoms with Crippen molar-refractivity contribution in [1.82, 2.24) is 10.2 Å². The Hall–Kier alpha value is -3.03. The lowest BCUT2D eigenvalue weighted by molar-refractivity contribution is -0.0979. The smallest absolute Gasteiger partial charge is 0.195 e. The van der Waals surface area contributed by atoms with E-state index in [0.717, 1.165) is 35.8 Å². The number of aliphatic imine (C=N–C) groups is 1. The molecule has 2 aliphatic heterocycles. The van der Waals surface area contributed by atoms with Gasteiger partial charge in [0.2, 0.25) is 0 Å². The fourth-order valence-electron chi connectivity index (χ4n) is 4.36. The molecule has 0 radical (unpaired) electrons. The van der Waals surface area contributed by atoms with Gasteiger partial charge in [0.1, 0.15) is 18.4 Å². The molecule has 2 aromatic carbocycles. The van der Waals surface area contributed by atoms with Gasteiger partial charge in [-0.25, -0.2) is 4.99 Å². The standard InChI is InChI=1S/C25H32ClN5O.2C2H6.CH2O/c1-16-7-5-6-8-21(16)28-24-20(26)15-27-25(30-24)29-22-13-17(2)19(14-23(22)32-4)18-9-11-31(3)12-10-18;3*1-2/h5-8,13-15,18,25,28-30H,9-12H2,1-4H3;2*1-2H3;1H2. The summed E-state index contributed by atoms with van der Waals surface area (Å²) in [7, 11) is 3.91. The number of carbonyl (C=O) groups is 1. The SMILES string of the molecule is C=O.CC.CC.COc1cc(C2CCN(C)CC2)c(C)cc1NC1N=CC(Cl)=C(Nc2ccccc2C)N1.